The molecule has 1 atom stereocenters. The van der Waals surface area contributed by atoms with Gasteiger partial charge in [-0.2, -0.15) is 0 Å². The zero-order chi connectivity index (χ0) is 14.4. The summed E-state index contributed by atoms with van der Waals surface area (Å²) in [6.45, 7) is 4.54. The normalized spacial score (nSPS) is 22.4. The lowest BCUT2D eigenvalue weighted by Gasteiger charge is -2.35. The van der Waals surface area contributed by atoms with Crippen molar-refractivity contribution in [2.45, 2.75) is 32.6 Å². The number of hydrogen-bond acceptors (Lipinski definition) is 3. The quantitative estimate of drug-likeness (QED) is 0.769. The van der Waals surface area contributed by atoms with E-state index >= 15 is 0 Å². The van der Waals surface area contributed by atoms with Crippen LogP contribution in [-0.2, 0) is 11.2 Å². The van der Waals surface area contributed by atoms with Crippen LogP contribution in [0.4, 0.5) is 0 Å². The summed E-state index contributed by atoms with van der Waals surface area (Å²) in [6, 6.07) is 7.13. The second-order valence-corrected chi connectivity index (χ2v) is 5.59. The molecule has 0 aromatic heterocycles. The van der Waals surface area contributed by atoms with Crippen molar-refractivity contribution < 1.29 is 9.90 Å². The van der Waals surface area contributed by atoms with Crippen molar-refractivity contribution in [3.63, 3.8) is 0 Å². The van der Waals surface area contributed by atoms with Crippen LogP contribution in [0.3, 0.4) is 0 Å². The molecule has 0 aliphatic carbocycles. The van der Waals surface area contributed by atoms with Gasteiger partial charge in [0.1, 0.15) is 5.75 Å². The molecule has 110 valence electrons. The number of phenolic OH excluding ortho intramolecular Hbond substituents is 1. The minimum absolute atomic E-state index is 0.172. The molecule has 0 spiro atoms. The molecule has 1 amide bonds. The van der Waals surface area contributed by atoms with E-state index in [1.807, 2.05) is 12.1 Å². The molecule has 0 bridgehead atoms. The van der Waals surface area contributed by atoms with E-state index in [9.17, 15) is 9.90 Å². The van der Waals surface area contributed by atoms with Crippen LogP contribution >= 0.6 is 0 Å². The van der Waals surface area contributed by atoms with Gasteiger partial charge in [-0.3, -0.25) is 4.79 Å². The molecule has 4 heteroatoms. The highest BCUT2D eigenvalue weighted by atomic mass is 16.3. The predicted octanol–water partition coefficient (Wildman–Crippen LogP) is 1.83. The van der Waals surface area contributed by atoms with Crippen molar-refractivity contribution >= 4 is 5.91 Å². The zero-order valence-corrected chi connectivity index (χ0v) is 12.1. The average Bonchev–Trinajstić information content (AvgIpc) is 2.50. The van der Waals surface area contributed by atoms with E-state index in [-0.39, 0.29) is 17.1 Å². The van der Waals surface area contributed by atoms with Crippen molar-refractivity contribution in [2.75, 3.05) is 19.6 Å². The van der Waals surface area contributed by atoms with E-state index in [2.05, 4.69) is 17.6 Å². The highest BCUT2D eigenvalue weighted by molar-refractivity contribution is 5.83. The van der Waals surface area contributed by atoms with Gasteiger partial charge in [-0.1, -0.05) is 19.1 Å². The summed E-state index contributed by atoms with van der Waals surface area (Å²) in [4.78, 5) is 12.4. The van der Waals surface area contributed by atoms with Gasteiger partial charge < -0.3 is 15.7 Å². The van der Waals surface area contributed by atoms with Crippen LogP contribution in [0.1, 0.15) is 31.7 Å². The molecule has 1 aromatic carbocycles. The molecule has 4 nitrogen and oxygen atoms in total. The maximum Gasteiger partial charge on any atom is 0.227 e. The Labute approximate surface area is 120 Å². The Morgan fingerprint density at radius 2 is 2.15 bits per heavy atom. The molecule has 20 heavy (non-hydrogen) atoms. The molecule has 2 rings (SSSR count). The van der Waals surface area contributed by atoms with Crippen molar-refractivity contribution in [3.8, 4) is 5.75 Å². The first-order chi connectivity index (χ1) is 9.66. The molecule has 1 aliphatic rings. The zero-order valence-electron chi connectivity index (χ0n) is 12.1. The Morgan fingerprint density at radius 1 is 1.40 bits per heavy atom. The third-order valence-corrected chi connectivity index (χ3v) is 4.27. The number of phenols is 1. The van der Waals surface area contributed by atoms with Gasteiger partial charge in [0.2, 0.25) is 5.91 Å². The SMILES string of the molecule is CCC1(C(=O)NCCc2ccc(O)cc2)CCCNC1. The van der Waals surface area contributed by atoms with E-state index in [1.165, 1.54) is 0 Å². The molecule has 1 unspecified atom stereocenters. The van der Waals surface area contributed by atoms with Crippen LogP contribution < -0.4 is 10.6 Å². The summed E-state index contributed by atoms with van der Waals surface area (Å²) >= 11 is 0. The lowest BCUT2D eigenvalue weighted by atomic mass is 9.77. The molecule has 1 fully saturated rings. The Kier molecular flexibility index (Phi) is 5.01. The Balaban J connectivity index is 1.83. The van der Waals surface area contributed by atoms with Gasteiger partial charge in [0.25, 0.3) is 0 Å². The van der Waals surface area contributed by atoms with E-state index in [0.29, 0.717) is 6.54 Å². The molecule has 1 heterocycles. The molecule has 1 aromatic rings. The number of rotatable bonds is 5. The second-order valence-electron chi connectivity index (χ2n) is 5.59. The molecule has 3 N–H and O–H groups in total. The third-order valence-electron chi connectivity index (χ3n) is 4.27. The monoisotopic (exact) mass is 276 g/mol. The fraction of sp³-hybridized carbons (Fsp3) is 0.562. The number of hydrogen-bond donors (Lipinski definition) is 3. The van der Waals surface area contributed by atoms with Crippen LogP contribution in [0, 0.1) is 5.41 Å². The van der Waals surface area contributed by atoms with Crippen LogP contribution in [0.5, 0.6) is 5.75 Å². The van der Waals surface area contributed by atoms with E-state index < -0.39 is 0 Å². The number of benzene rings is 1. The summed E-state index contributed by atoms with van der Waals surface area (Å²) in [5.41, 5.74) is 0.892. The van der Waals surface area contributed by atoms with Crippen LogP contribution in [0.25, 0.3) is 0 Å². The van der Waals surface area contributed by atoms with Gasteiger partial charge in [-0.15, -0.1) is 0 Å². The standard InChI is InChI=1S/C16H24N2O2/c1-2-16(9-3-10-17-12-16)15(20)18-11-8-13-4-6-14(19)7-5-13/h4-7,17,19H,2-3,8-12H2,1H3,(H,18,20). The Morgan fingerprint density at radius 3 is 2.75 bits per heavy atom. The first kappa shape index (κ1) is 14.9. The number of carbonyl (C=O) groups is 1. The van der Waals surface area contributed by atoms with Crippen molar-refractivity contribution in [1.82, 2.24) is 10.6 Å². The summed E-state index contributed by atoms with van der Waals surface area (Å²) in [7, 11) is 0. The van der Waals surface area contributed by atoms with Gasteiger partial charge in [0.15, 0.2) is 0 Å². The number of carbonyl (C=O) groups excluding carboxylic acids is 1. The van der Waals surface area contributed by atoms with Crippen molar-refractivity contribution in [2.24, 2.45) is 5.41 Å². The summed E-state index contributed by atoms with van der Waals surface area (Å²) in [5.74, 6) is 0.446. The van der Waals surface area contributed by atoms with Crippen LogP contribution in [0.2, 0.25) is 0 Å². The number of piperidine rings is 1. The van der Waals surface area contributed by atoms with Crippen molar-refractivity contribution in [1.29, 1.82) is 0 Å². The highest BCUT2D eigenvalue weighted by Crippen LogP contribution is 2.30. The van der Waals surface area contributed by atoms with Crippen LogP contribution in [-0.4, -0.2) is 30.6 Å². The minimum Gasteiger partial charge on any atom is -0.508 e. The first-order valence-electron chi connectivity index (χ1n) is 7.43. The summed E-state index contributed by atoms with van der Waals surface area (Å²) in [5, 5.41) is 15.6. The van der Waals surface area contributed by atoms with Crippen LogP contribution in [0.15, 0.2) is 24.3 Å². The lowest BCUT2D eigenvalue weighted by Crippen LogP contribution is -2.50. The van der Waals surface area contributed by atoms with Gasteiger partial charge in [-0.25, -0.2) is 0 Å². The van der Waals surface area contributed by atoms with Gasteiger partial charge in [0.05, 0.1) is 5.41 Å². The first-order valence-corrected chi connectivity index (χ1v) is 7.43. The van der Waals surface area contributed by atoms with Gasteiger partial charge in [-0.05, 0) is 49.9 Å². The minimum atomic E-state index is -0.229. The van der Waals surface area contributed by atoms with E-state index in [4.69, 9.17) is 0 Å². The molecule has 1 saturated heterocycles. The van der Waals surface area contributed by atoms with Gasteiger partial charge in [0, 0.05) is 13.1 Å². The number of aromatic hydroxyl groups is 1. The average molecular weight is 276 g/mol. The summed E-state index contributed by atoms with van der Waals surface area (Å²) < 4.78 is 0. The topological polar surface area (TPSA) is 61.4 Å². The van der Waals surface area contributed by atoms with Crippen molar-refractivity contribution in [3.05, 3.63) is 29.8 Å². The maximum absolute atomic E-state index is 12.4. The largest absolute Gasteiger partial charge is 0.508 e. The molecule has 0 saturated carbocycles. The molecular formula is C16H24N2O2. The third kappa shape index (κ3) is 3.51. The van der Waals surface area contributed by atoms with E-state index in [1.54, 1.807) is 12.1 Å². The van der Waals surface area contributed by atoms with E-state index in [0.717, 1.165) is 44.3 Å². The summed E-state index contributed by atoms with van der Waals surface area (Å²) in [6.07, 6.45) is 3.71. The molecule has 1 aliphatic heterocycles. The lowest BCUT2D eigenvalue weighted by molar-refractivity contribution is -0.132. The fourth-order valence-electron chi connectivity index (χ4n) is 2.79. The maximum atomic E-state index is 12.4. The predicted molar refractivity (Wildman–Crippen MR) is 79.6 cm³/mol. The Hall–Kier alpha value is -1.55. The fourth-order valence-corrected chi connectivity index (χ4v) is 2.79. The number of nitrogens with one attached hydrogen (secondary N) is 2. The molecular weight excluding hydrogens is 252 g/mol. The Bertz CT molecular complexity index is 436. The second kappa shape index (κ2) is 6.75. The van der Waals surface area contributed by atoms with Gasteiger partial charge >= 0.3 is 0 Å². The highest BCUT2D eigenvalue weighted by Gasteiger charge is 2.37. The molecule has 0 radical (unpaired) electrons. The smallest absolute Gasteiger partial charge is 0.227 e. The number of amides is 1.